The molecule has 0 aliphatic heterocycles. The van der Waals surface area contributed by atoms with E-state index in [0.29, 0.717) is 19.5 Å². The number of carboxylic acid groups (broad SMARTS) is 1. The van der Waals surface area contributed by atoms with Crippen LogP contribution in [0.25, 0.3) is 11.1 Å². The number of benzene rings is 4. The van der Waals surface area contributed by atoms with Crippen molar-refractivity contribution in [3.63, 3.8) is 0 Å². The van der Waals surface area contributed by atoms with Crippen LogP contribution in [0.2, 0.25) is 0 Å². The van der Waals surface area contributed by atoms with Gasteiger partial charge in [0.25, 0.3) is 0 Å². The van der Waals surface area contributed by atoms with E-state index < -0.39 is 24.3 Å². The van der Waals surface area contributed by atoms with Crippen molar-refractivity contribution in [1.29, 1.82) is 0 Å². The van der Waals surface area contributed by atoms with E-state index in [1.807, 2.05) is 109 Å². The topological polar surface area (TPSA) is 129 Å². The van der Waals surface area contributed by atoms with Crippen LogP contribution in [0.15, 0.2) is 109 Å². The van der Waals surface area contributed by atoms with E-state index in [4.69, 9.17) is 4.74 Å². The summed E-state index contributed by atoms with van der Waals surface area (Å²) in [5.74, 6) is -0.343. The molecule has 5 rings (SSSR count). The normalized spacial score (nSPS) is 13.2. The van der Waals surface area contributed by atoms with Crippen molar-refractivity contribution in [3.05, 3.63) is 131 Å². The molecule has 0 radical (unpaired) electrons. The lowest BCUT2D eigenvalue weighted by atomic mass is 10.1. The number of ether oxygens (including phenoxy) is 1. The molecule has 44 heavy (non-hydrogen) atoms. The van der Waals surface area contributed by atoms with Crippen molar-refractivity contribution < 1.29 is 24.2 Å². The second-order valence-electron chi connectivity index (χ2n) is 10.7. The Hall–Kier alpha value is -5.15. The zero-order chi connectivity index (χ0) is 30.7. The third-order valence-electron chi connectivity index (χ3n) is 7.54. The van der Waals surface area contributed by atoms with Crippen molar-refractivity contribution in [3.8, 4) is 11.1 Å². The quantitative estimate of drug-likeness (QED) is 0.144. The van der Waals surface area contributed by atoms with E-state index in [1.54, 1.807) is 0 Å². The molecule has 0 bridgehead atoms. The minimum absolute atomic E-state index is 0.286. The predicted molar refractivity (Wildman–Crippen MR) is 168 cm³/mol. The molecule has 2 unspecified atom stereocenters. The first-order chi connectivity index (χ1) is 21.5. The second kappa shape index (κ2) is 14.8. The van der Waals surface area contributed by atoms with Crippen molar-refractivity contribution in [2.24, 2.45) is 0 Å². The molecule has 9 heteroatoms. The SMILES string of the molecule is O=C(O)NC(CNCCNC(=O)C(Cc1ccccc1)NC(=O)OC1c2ccccc2-c2ccccc21)Cc1ccccc1. The number of carbonyl (C=O) groups is 3. The van der Waals surface area contributed by atoms with Gasteiger partial charge in [0.2, 0.25) is 5.91 Å². The Balaban J connectivity index is 1.17. The van der Waals surface area contributed by atoms with E-state index in [-0.39, 0.29) is 24.9 Å². The zero-order valence-electron chi connectivity index (χ0n) is 24.2. The minimum Gasteiger partial charge on any atom is -0.465 e. The van der Waals surface area contributed by atoms with Gasteiger partial charge in [0.15, 0.2) is 6.10 Å². The molecular weight excluding hydrogens is 556 g/mol. The number of hydrogen-bond donors (Lipinski definition) is 5. The molecule has 226 valence electrons. The zero-order valence-corrected chi connectivity index (χ0v) is 24.2. The fraction of sp³-hybridized carbons (Fsp3) is 0.229. The molecule has 0 aromatic heterocycles. The molecule has 5 N–H and O–H groups in total. The van der Waals surface area contributed by atoms with Crippen LogP contribution in [-0.4, -0.2) is 54.9 Å². The summed E-state index contributed by atoms with van der Waals surface area (Å²) in [6.07, 6.45) is -1.52. The number of fused-ring (bicyclic) bond motifs is 3. The number of rotatable bonds is 13. The number of nitrogens with one attached hydrogen (secondary N) is 4. The molecule has 4 aromatic carbocycles. The van der Waals surface area contributed by atoms with Gasteiger partial charge in [0.1, 0.15) is 6.04 Å². The van der Waals surface area contributed by atoms with Crippen LogP contribution in [-0.2, 0) is 22.4 Å². The maximum Gasteiger partial charge on any atom is 0.408 e. The van der Waals surface area contributed by atoms with Crippen molar-refractivity contribution in [1.82, 2.24) is 21.3 Å². The van der Waals surface area contributed by atoms with Gasteiger partial charge in [-0.1, -0.05) is 109 Å². The van der Waals surface area contributed by atoms with Crippen LogP contribution >= 0.6 is 0 Å². The summed E-state index contributed by atoms with van der Waals surface area (Å²) >= 11 is 0. The van der Waals surface area contributed by atoms with Gasteiger partial charge < -0.3 is 31.1 Å². The number of carbonyl (C=O) groups excluding carboxylic acids is 2. The first-order valence-corrected chi connectivity index (χ1v) is 14.7. The maximum absolute atomic E-state index is 13.3. The highest BCUT2D eigenvalue weighted by atomic mass is 16.6. The first-order valence-electron chi connectivity index (χ1n) is 14.7. The van der Waals surface area contributed by atoms with Gasteiger partial charge in [-0.2, -0.15) is 0 Å². The molecule has 2 atom stereocenters. The van der Waals surface area contributed by atoms with Crippen LogP contribution in [0.1, 0.15) is 28.4 Å². The van der Waals surface area contributed by atoms with Gasteiger partial charge in [-0.3, -0.25) is 4.79 Å². The summed E-state index contributed by atoms with van der Waals surface area (Å²) in [7, 11) is 0. The minimum atomic E-state index is -1.09. The van der Waals surface area contributed by atoms with Gasteiger partial charge in [-0.25, -0.2) is 9.59 Å². The number of amides is 3. The van der Waals surface area contributed by atoms with E-state index in [2.05, 4.69) is 21.3 Å². The van der Waals surface area contributed by atoms with Gasteiger partial charge in [-0.15, -0.1) is 0 Å². The summed E-state index contributed by atoms with van der Waals surface area (Å²) in [6, 6.07) is 33.6. The molecule has 0 saturated carbocycles. The largest absolute Gasteiger partial charge is 0.465 e. The maximum atomic E-state index is 13.3. The monoisotopic (exact) mass is 592 g/mol. The highest BCUT2D eigenvalue weighted by molar-refractivity contribution is 5.86. The Morgan fingerprint density at radius 3 is 1.82 bits per heavy atom. The first kappa shape index (κ1) is 30.3. The molecule has 1 aliphatic rings. The van der Waals surface area contributed by atoms with Crippen molar-refractivity contribution >= 4 is 18.1 Å². The summed E-state index contributed by atoms with van der Waals surface area (Å²) in [6.45, 7) is 1.09. The van der Waals surface area contributed by atoms with E-state index in [9.17, 15) is 19.5 Å². The number of hydrogen-bond acceptors (Lipinski definition) is 5. The van der Waals surface area contributed by atoms with Gasteiger partial charge in [0, 0.05) is 43.2 Å². The van der Waals surface area contributed by atoms with Crippen molar-refractivity contribution in [2.45, 2.75) is 31.0 Å². The molecule has 0 saturated heterocycles. The van der Waals surface area contributed by atoms with Gasteiger partial charge >= 0.3 is 12.2 Å². The average molecular weight is 593 g/mol. The Labute approximate surface area is 256 Å². The molecule has 9 nitrogen and oxygen atoms in total. The van der Waals surface area contributed by atoms with Gasteiger partial charge in [-0.05, 0) is 28.7 Å². The van der Waals surface area contributed by atoms with Crippen LogP contribution < -0.4 is 21.3 Å². The third-order valence-corrected chi connectivity index (χ3v) is 7.54. The van der Waals surface area contributed by atoms with E-state index in [1.165, 1.54) is 0 Å². The number of alkyl carbamates (subject to hydrolysis) is 1. The molecular formula is C35H36N4O5. The lowest BCUT2D eigenvalue weighted by Gasteiger charge is -2.21. The Kier molecular flexibility index (Phi) is 10.2. The predicted octanol–water partition coefficient (Wildman–Crippen LogP) is 4.68. The molecule has 0 spiro atoms. The lowest BCUT2D eigenvalue weighted by molar-refractivity contribution is -0.123. The average Bonchev–Trinajstić information content (AvgIpc) is 3.34. The molecule has 1 aliphatic carbocycles. The Morgan fingerprint density at radius 1 is 0.682 bits per heavy atom. The Morgan fingerprint density at radius 2 is 1.23 bits per heavy atom. The standard InChI is InChI=1S/C35H36N4O5/c40-33(37-20-19-36-23-26(38-34(41)42)21-24-11-3-1-4-12-24)31(22-25-13-5-2-6-14-25)39-35(43)44-32-29-17-9-7-15-27(29)28-16-8-10-18-30(28)32/h1-18,26,31-32,36,38H,19-23H2,(H,37,40)(H,39,43)(H,41,42). The smallest absolute Gasteiger partial charge is 0.408 e. The molecule has 0 heterocycles. The summed E-state index contributed by atoms with van der Waals surface area (Å²) < 4.78 is 5.94. The molecule has 3 amide bonds. The van der Waals surface area contributed by atoms with Crippen LogP contribution in [0.4, 0.5) is 9.59 Å². The summed E-state index contributed by atoms with van der Waals surface area (Å²) in [5.41, 5.74) is 5.77. The fourth-order valence-corrected chi connectivity index (χ4v) is 5.50. The molecule has 0 fully saturated rings. The van der Waals surface area contributed by atoms with E-state index in [0.717, 1.165) is 33.4 Å². The summed E-state index contributed by atoms with van der Waals surface area (Å²) in [5, 5.41) is 20.7. The highest BCUT2D eigenvalue weighted by Gasteiger charge is 2.32. The van der Waals surface area contributed by atoms with Crippen LogP contribution in [0, 0.1) is 0 Å². The molecule has 4 aromatic rings. The third kappa shape index (κ3) is 8.02. The fourth-order valence-electron chi connectivity index (χ4n) is 5.50. The second-order valence-corrected chi connectivity index (χ2v) is 10.7. The van der Waals surface area contributed by atoms with Crippen LogP contribution in [0.5, 0.6) is 0 Å². The van der Waals surface area contributed by atoms with Gasteiger partial charge in [0.05, 0.1) is 0 Å². The lowest BCUT2D eigenvalue weighted by Crippen LogP contribution is -2.50. The van der Waals surface area contributed by atoms with Crippen molar-refractivity contribution in [2.75, 3.05) is 19.6 Å². The van der Waals surface area contributed by atoms with Crippen LogP contribution in [0.3, 0.4) is 0 Å². The van der Waals surface area contributed by atoms with E-state index >= 15 is 0 Å². The summed E-state index contributed by atoms with van der Waals surface area (Å²) in [4.78, 5) is 37.8. The highest BCUT2D eigenvalue weighted by Crippen LogP contribution is 2.45. The Bertz CT molecular complexity index is 1520.